The van der Waals surface area contributed by atoms with E-state index in [1.54, 1.807) is 0 Å². The van der Waals surface area contributed by atoms with Gasteiger partial charge in [0.1, 0.15) is 5.56 Å². The minimum Gasteiger partial charge on any atom is -0.465 e. The normalized spacial score (nSPS) is 9.00. The van der Waals surface area contributed by atoms with Crippen LogP contribution in [0.3, 0.4) is 0 Å². The van der Waals surface area contributed by atoms with E-state index < -0.39 is 11.9 Å². The van der Waals surface area contributed by atoms with E-state index in [1.165, 1.54) is 19.4 Å². The van der Waals surface area contributed by atoms with Crippen molar-refractivity contribution in [3.63, 3.8) is 0 Å². The molecule has 1 rings (SSSR count). The van der Waals surface area contributed by atoms with Crippen LogP contribution in [0.5, 0.6) is 0 Å². The second-order valence-corrected chi connectivity index (χ2v) is 3.05. The number of carbonyl (C=O) groups is 1. The van der Waals surface area contributed by atoms with E-state index in [1.807, 2.05) is 0 Å². The van der Waals surface area contributed by atoms with E-state index in [0.29, 0.717) is 10.9 Å². The molecule has 0 aliphatic heterocycles. The molecule has 0 unspecified atom stereocenters. The molecule has 0 fully saturated rings. The van der Waals surface area contributed by atoms with Gasteiger partial charge >= 0.3 is 5.97 Å². The standard InChI is InChI=1S/C10H7BrFNO2/c1-15-10(14)8-5-7(3-2-4-11)6-13-9(8)12/h5-6H,4H2,1H3. The van der Waals surface area contributed by atoms with Gasteiger partial charge in [-0.1, -0.05) is 27.8 Å². The third-order valence-corrected chi connectivity index (χ3v) is 1.82. The maximum absolute atomic E-state index is 13.1. The maximum Gasteiger partial charge on any atom is 0.342 e. The molecule has 1 heterocycles. The average molecular weight is 272 g/mol. The monoisotopic (exact) mass is 271 g/mol. The van der Waals surface area contributed by atoms with Gasteiger partial charge in [0.25, 0.3) is 0 Å². The fourth-order valence-corrected chi connectivity index (χ4v) is 1.05. The molecule has 0 amide bonds. The molecule has 0 bridgehead atoms. The van der Waals surface area contributed by atoms with Crippen LogP contribution in [0.25, 0.3) is 0 Å². The summed E-state index contributed by atoms with van der Waals surface area (Å²) in [6, 6.07) is 1.31. The lowest BCUT2D eigenvalue weighted by Crippen LogP contribution is -2.06. The molecule has 78 valence electrons. The zero-order valence-corrected chi connectivity index (χ0v) is 9.47. The Morgan fingerprint density at radius 3 is 3.07 bits per heavy atom. The predicted octanol–water partition coefficient (Wildman–Crippen LogP) is 1.75. The Morgan fingerprint density at radius 1 is 1.73 bits per heavy atom. The number of aromatic nitrogens is 1. The largest absolute Gasteiger partial charge is 0.465 e. The van der Waals surface area contributed by atoms with Crippen LogP contribution in [0.4, 0.5) is 4.39 Å². The van der Waals surface area contributed by atoms with Crippen LogP contribution >= 0.6 is 15.9 Å². The predicted molar refractivity (Wildman–Crippen MR) is 56.2 cm³/mol. The Morgan fingerprint density at radius 2 is 2.47 bits per heavy atom. The molecular weight excluding hydrogens is 265 g/mol. The van der Waals surface area contributed by atoms with Gasteiger partial charge in [0.15, 0.2) is 0 Å². The van der Waals surface area contributed by atoms with Crippen molar-refractivity contribution in [1.82, 2.24) is 4.98 Å². The molecule has 5 heteroatoms. The molecule has 0 radical (unpaired) electrons. The third-order valence-electron chi connectivity index (χ3n) is 1.54. The second-order valence-electron chi connectivity index (χ2n) is 2.49. The summed E-state index contributed by atoms with van der Waals surface area (Å²) in [5.41, 5.74) is 0.259. The molecular formula is C10H7BrFNO2. The zero-order chi connectivity index (χ0) is 11.3. The highest BCUT2D eigenvalue weighted by Gasteiger charge is 2.13. The van der Waals surface area contributed by atoms with Gasteiger partial charge < -0.3 is 4.74 Å². The lowest BCUT2D eigenvalue weighted by Gasteiger charge is -2.00. The van der Waals surface area contributed by atoms with Crippen molar-refractivity contribution >= 4 is 21.9 Å². The van der Waals surface area contributed by atoms with Crippen molar-refractivity contribution in [2.24, 2.45) is 0 Å². The Kier molecular flexibility index (Phi) is 4.25. The summed E-state index contributed by atoms with van der Waals surface area (Å²) in [5, 5.41) is 0.498. The summed E-state index contributed by atoms with van der Waals surface area (Å²) in [6.45, 7) is 0. The lowest BCUT2D eigenvalue weighted by molar-refractivity contribution is 0.0594. The number of halogens is 2. The van der Waals surface area contributed by atoms with Gasteiger partial charge in [0.2, 0.25) is 5.95 Å². The van der Waals surface area contributed by atoms with Gasteiger partial charge in [0, 0.05) is 11.8 Å². The van der Waals surface area contributed by atoms with Gasteiger partial charge in [-0.25, -0.2) is 9.78 Å². The fourth-order valence-electron chi connectivity index (χ4n) is 0.905. The molecule has 0 aliphatic carbocycles. The first kappa shape index (κ1) is 11.7. The van der Waals surface area contributed by atoms with Crippen molar-refractivity contribution < 1.29 is 13.9 Å². The smallest absolute Gasteiger partial charge is 0.342 e. The zero-order valence-electron chi connectivity index (χ0n) is 7.88. The molecule has 0 spiro atoms. The molecule has 3 nitrogen and oxygen atoms in total. The van der Waals surface area contributed by atoms with E-state index in [0.717, 1.165) is 0 Å². The van der Waals surface area contributed by atoms with Crippen molar-refractivity contribution in [2.45, 2.75) is 0 Å². The maximum atomic E-state index is 13.1. The molecule has 15 heavy (non-hydrogen) atoms. The van der Waals surface area contributed by atoms with E-state index in [2.05, 4.69) is 37.5 Å². The highest BCUT2D eigenvalue weighted by molar-refractivity contribution is 9.09. The number of esters is 1. The summed E-state index contributed by atoms with van der Waals surface area (Å²) < 4.78 is 17.5. The molecule has 0 aromatic carbocycles. The first-order valence-electron chi connectivity index (χ1n) is 3.97. The summed E-state index contributed by atoms with van der Waals surface area (Å²) in [6.07, 6.45) is 1.26. The average Bonchev–Trinajstić information content (AvgIpc) is 2.27. The van der Waals surface area contributed by atoms with Crippen LogP contribution in [0.2, 0.25) is 0 Å². The molecule has 0 N–H and O–H groups in total. The van der Waals surface area contributed by atoms with Crippen molar-refractivity contribution in [3.05, 3.63) is 29.3 Å². The van der Waals surface area contributed by atoms with Crippen LogP contribution < -0.4 is 0 Å². The number of pyridine rings is 1. The van der Waals surface area contributed by atoms with Crippen LogP contribution in [-0.2, 0) is 4.74 Å². The SMILES string of the molecule is COC(=O)c1cc(C#CCBr)cnc1F. The Bertz CT molecular complexity index is 437. The highest BCUT2D eigenvalue weighted by atomic mass is 79.9. The fraction of sp³-hybridized carbons (Fsp3) is 0.200. The topological polar surface area (TPSA) is 39.2 Å². The summed E-state index contributed by atoms with van der Waals surface area (Å²) in [5.74, 6) is 3.81. The number of alkyl halides is 1. The van der Waals surface area contributed by atoms with Gasteiger partial charge in [-0.2, -0.15) is 4.39 Å². The number of ether oxygens (including phenoxy) is 1. The van der Waals surface area contributed by atoms with E-state index in [4.69, 9.17) is 0 Å². The number of nitrogens with zero attached hydrogens (tertiary/aromatic N) is 1. The minimum absolute atomic E-state index is 0.209. The second kappa shape index (κ2) is 5.47. The molecule has 1 aromatic rings. The van der Waals surface area contributed by atoms with Crippen molar-refractivity contribution in [3.8, 4) is 11.8 Å². The molecule has 0 aliphatic rings. The molecule has 0 saturated heterocycles. The van der Waals surface area contributed by atoms with Gasteiger partial charge in [-0.15, -0.1) is 0 Å². The van der Waals surface area contributed by atoms with Crippen LogP contribution in [0.15, 0.2) is 12.3 Å². The molecule has 0 saturated carbocycles. The Balaban J connectivity index is 3.10. The highest BCUT2D eigenvalue weighted by Crippen LogP contribution is 2.08. The van der Waals surface area contributed by atoms with Crippen LogP contribution in [0, 0.1) is 17.8 Å². The quantitative estimate of drug-likeness (QED) is 0.338. The van der Waals surface area contributed by atoms with E-state index in [-0.39, 0.29) is 5.56 Å². The number of hydrogen-bond donors (Lipinski definition) is 0. The van der Waals surface area contributed by atoms with Crippen LogP contribution in [-0.4, -0.2) is 23.4 Å². The first-order chi connectivity index (χ1) is 7.19. The lowest BCUT2D eigenvalue weighted by atomic mass is 10.2. The molecule has 1 aromatic heterocycles. The Labute approximate surface area is 94.8 Å². The number of hydrogen-bond acceptors (Lipinski definition) is 3. The van der Waals surface area contributed by atoms with Gasteiger partial charge in [-0.05, 0) is 6.07 Å². The number of methoxy groups -OCH3 is 1. The summed E-state index contributed by atoms with van der Waals surface area (Å²) in [4.78, 5) is 14.5. The molecule has 0 atom stereocenters. The number of rotatable bonds is 1. The first-order valence-corrected chi connectivity index (χ1v) is 5.10. The van der Waals surface area contributed by atoms with E-state index >= 15 is 0 Å². The van der Waals surface area contributed by atoms with Crippen LogP contribution in [0.1, 0.15) is 15.9 Å². The number of carbonyl (C=O) groups excluding carboxylic acids is 1. The van der Waals surface area contributed by atoms with E-state index in [9.17, 15) is 9.18 Å². The van der Waals surface area contributed by atoms with Crippen molar-refractivity contribution in [1.29, 1.82) is 0 Å². The third kappa shape index (κ3) is 3.03. The minimum atomic E-state index is -0.855. The Hall–Kier alpha value is -1.41. The van der Waals surface area contributed by atoms with Gasteiger partial charge in [0.05, 0.1) is 12.4 Å². The van der Waals surface area contributed by atoms with Crippen molar-refractivity contribution in [2.75, 3.05) is 12.4 Å². The van der Waals surface area contributed by atoms with Gasteiger partial charge in [-0.3, -0.25) is 0 Å². The summed E-state index contributed by atoms with van der Waals surface area (Å²) in [7, 11) is 1.18. The summed E-state index contributed by atoms with van der Waals surface area (Å²) >= 11 is 3.12.